The van der Waals surface area contributed by atoms with Crippen molar-refractivity contribution in [2.24, 2.45) is 0 Å². The summed E-state index contributed by atoms with van der Waals surface area (Å²) in [6.07, 6.45) is 0.647. The Hall–Kier alpha value is -1.07. The van der Waals surface area contributed by atoms with Gasteiger partial charge in [-0.1, -0.05) is 25.1 Å². The molecule has 1 aromatic carbocycles. The van der Waals surface area contributed by atoms with E-state index in [1.54, 1.807) is 0 Å². The summed E-state index contributed by atoms with van der Waals surface area (Å²) in [5.74, 6) is 1.05. The maximum Gasteiger partial charge on any atom is 0.153 e. The van der Waals surface area contributed by atoms with Crippen molar-refractivity contribution in [3.05, 3.63) is 29.8 Å². The van der Waals surface area contributed by atoms with E-state index in [1.165, 1.54) is 0 Å². The van der Waals surface area contributed by atoms with Gasteiger partial charge in [0.05, 0.1) is 11.5 Å². The second-order valence-corrected chi connectivity index (χ2v) is 8.52. The number of hydrogen-bond acceptors (Lipinski definition) is 4. The van der Waals surface area contributed by atoms with E-state index in [1.807, 2.05) is 31.2 Å². The molecule has 0 aliphatic rings. The Bertz CT molecular complexity index is 533. The summed E-state index contributed by atoms with van der Waals surface area (Å²) in [5, 5.41) is 3.41. The van der Waals surface area contributed by atoms with Gasteiger partial charge in [-0.25, -0.2) is 8.42 Å². The van der Waals surface area contributed by atoms with Gasteiger partial charge < -0.3 is 10.1 Å². The van der Waals surface area contributed by atoms with E-state index in [9.17, 15) is 8.42 Å². The van der Waals surface area contributed by atoms with Gasteiger partial charge in [0.2, 0.25) is 0 Å². The van der Waals surface area contributed by atoms with Crippen molar-refractivity contribution in [3.63, 3.8) is 0 Å². The third-order valence-corrected chi connectivity index (χ3v) is 4.77. The van der Waals surface area contributed by atoms with Gasteiger partial charge in [0, 0.05) is 17.6 Å². The molecule has 1 N–H and O–H groups in total. The zero-order chi connectivity index (χ0) is 15.9. The van der Waals surface area contributed by atoms with Gasteiger partial charge in [-0.2, -0.15) is 0 Å². The van der Waals surface area contributed by atoms with Crippen molar-refractivity contribution in [2.45, 2.75) is 46.2 Å². The fourth-order valence-electron chi connectivity index (χ4n) is 1.84. The van der Waals surface area contributed by atoms with Crippen molar-refractivity contribution in [1.82, 2.24) is 5.32 Å². The summed E-state index contributed by atoms with van der Waals surface area (Å²) < 4.78 is 29.0. The molecular weight excluding hydrogens is 286 g/mol. The molecule has 1 rings (SSSR count). The highest BCUT2D eigenvalue weighted by Crippen LogP contribution is 2.18. The topological polar surface area (TPSA) is 55.4 Å². The summed E-state index contributed by atoms with van der Waals surface area (Å²) in [6, 6.07) is 7.73. The van der Waals surface area contributed by atoms with Gasteiger partial charge in [-0.15, -0.1) is 0 Å². The molecule has 0 aliphatic heterocycles. The first kappa shape index (κ1) is 18.0. The smallest absolute Gasteiger partial charge is 0.153 e. The van der Waals surface area contributed by atoms with Crippen LogP contribution in [0.4, 0.5) is 0 Å². The van der Waals surface area contributed by atoms with E-state index in [2.05, 4.69) is 26.1 Å². The molecule has 5 heteroatoms. The Kier molecular flexibility index (Phi) is 6.68. The number of benzene rings is 1. The lowest BCUT2D eigenvalue weighted by Gasteiger charge is -2.21. The van der Waals surface area contributed by atoms with E-state index >= 15 is 0 Å². The maximum absolute atomic E-state index is 11.7. The predicted molar refractivity (Wildman–Crippen MR) is 87.5 cm³/mol. The van der Waals surface area contributed by atoms with Crippen molar-refractivity contribution < 1.29 is 13.2 Å². The van der Waals surface area contributed by atoms with Gasteiger partial charge in [0.1, 0.15) is 12.4 Å². The van der Waals surface area contributed by atoms with E-state index in [4.69, 9.17) is 4.74 Å². The number of nitrogens with one attached hydrogen (secondary N) is 1. The minimum Gasteiger partial charge on any atom is -0.492 e. The Morgan fingerprint density at radius 2 is 1.81 bits per heavy atom. The molecular formula is C16H27NO3S. The molecule has 0 aliphatic carbocycles. The highest BCUT2D eigenvalue weighted by Gasteiger charge is 2.12. The zero-order valence-corrected chi connectivity index (χ0v) is 14.3. The maximum atomic E-state index is 11.7. The van der Waals surface area contributed by atoms with Crippen LogP contribution in [0.1, 0.15) is 39.7 Å². The second-order valence-electron chi connectivity index (χ2n) is 6.21. The van der Waals surface area contributed by atoms with Crippen molar-refractivity contribution in [1.29, 1.82) is 0 Å². The van der Waals surface area contributed by atoms with Crippen LogP contribution in [0.2, 0.25) is 0 Å². The minimum absolute atomic E-state index is 0.0254. The molecule has 0 radical (unpaired) electrons. The van der Waals surface area contributed by atoms with Gasteiger partial charge in [-0.05, 0) is 33.3 Å². The molecule has 1 aromatic rings. The molecule has 0 heterocycles. The zero-order valence-electron chi connectivity index (χ0n) is 13.5. The third kappa shape index (κ3) is 7.48. The lowest BCUT2D eigenvalue weighted by atomic mass is 10.1. The minimum atomic E-state index is -2.99. The lowest BCUT2D eigenvalue weighted by Crippen LogP contribution is -2.35. The summed E-state index contributed by atoms with van der Waals surface area (Å²) >= 11 is 0. The quantitative estimate of drug-likeness (QED) is 0.802. The first-order valence-corrected chi connectivity index (χ1v) is 9.22. The molecule has 0 saturated heterocycles. The first-order chi connectivity index (χ1) is 9.73. The van der Waals surface area contributed by atoms with Crippen molar-refractivity contribution in [2.75, 3.05) is 18.1 Å². The molecule has 120 valence electrons. The van der Waals surface area contributed by atoms with Crippen LogP contribution in [0.5, 0.6) is 5.75 Å². The average Bonchev–Trinajstić information content (AvgIpc) is 2.36. The second kappa shape index (κ2) is 7.80. The highest BCUT2D eigenvalue weighted by molar-refractivity contribution is 7.91. The number of rotatable bonds is 8. The SMILES string of the molecule is CCCS(=O)(=O)CCOc1ccccc1CNC(C)(C)C. The summed E-state index contributed by atoms with van der Waals surface area (Å²) in [4.78, 5) is 0. The standard InChI is InChI=1S/C16H27NO3S/c1-5-11-21(18,19)12-10-20-15-9-7-6-8-14(15)13-17-16(2,3)4/h6-9,17H,5,10-13H2,1-4H3. The molecule has 0 fully saturated rings. The van der Waals surface area contributed by atoms with Gasteiger partial charge >= 0.3 is 0 Å². The molecule has 0 amide bonds. The van der Waals surface area contributed by atoms with Crippen LogP contribution in [0.25, 0.3) is 0 Å². The fourth-order valence-corrected chi connectivity index (χ4v) is 3.01. The summed E-state index contributed by atoms with van der Waals surface area (Å²) in [7, 11) is -2.99. The van der Waals surface area contributed by atoms with Crippen LogP contribution in [-0.2, 0) is 16.4 Å². The molecule has 0 saturated carbocycles. The highest BCUT2D eigenvalue weighted by atomic mass is 32.2. The monoisotopic (exact) mass is 313 g/mol. The average molecular weight is 313 g/mol. The molecule has 0 spiro atoms. The molecule has 21 heavy (non-hydrogen) atoms. The van der Waals surface area contributed by atoms with Crippen LogP contribution in [0, 0.1) is 0 Å². The van der Waals surface area contributed by atoms with E-state index < -0.39 is 9.84 Å². The number of hydrogen-bond donors (Lipinski definition) is 1. The normalized spacial score (nSPS) is 12.4. The Morgan fingerprint density at radius 3 is 2.43 bits per heavy atom. The van der Waals surface area contributed by atoms with Crippen molar-refractivity contribution >= 4 is 9.84 Å². The van der Waals surface area contributed by atoms with Crippen LogP contribution >= 0.6 is 0 Å². The first-order valence-electron chi connectivity index (χ1n) is 7.40. The van der Waals surface area contributed by atoms with Crippen LogP contribution in [0.3, 0.4) is 0 Å². The van der Waals surface area contributed by atoms with E-state index in [0.717, 1.165) is 11.3 Å². The van der Waals surface area contributed by atoms with Gasteiger partial charge in [-0.3, -0.25) is 0 Å². The largest absolute Gasteiger partial charge is 0.492 e. The Labute approximate surface area is 128 Å². The summed E-state index contributed by atoms with van der Waals surface area (Å²) in [5.41, 5.74) is 1.07. The molecule has 0 bridgehead atoms. The Balaban J connectivity index is 2.59. The van der Waals surface area contributed by atoms with Gasteiger partial charge in [0.25, 0.3) is 0 Å². The van der Waals surface area contributed by atoms with E-state index in [0.29, 0.717) is 13.0 Å². The summed E-state index contributed by atoms with van der Waals surface area (Å²) in [6.45, 7) is 9.08. The Morgan fingerprint density at radius 1 is 1.14 bits per heavy atom. The van der Waals surface area contributed by atoms with Gasteiger partial charge in [0.15, 0.2) is 9.84 Å². The van der Waals surface area contributed by atoms with E-state index in [-0.39, 0.29) is 23.7 Å². The van der Waals surface area contributed by atoms with Crippen LogP contribution in [-0.4, -0.2) is 32.1 Å². The predicted octanol–water partition coefficient (Wildman–Crippen LogP) is 2.78. The number of sulfone groups is 1. The van der Waals surface area contributed by atoms with Crippen molar-refractivity contribution in [3.8, 4) is 5.75 Å². The third-order valence-electron chi connectivity index (χ3n) is 2.95. The van der Waals surface area contributed by atoms with Crippen LogP contribution in [0.15, 0.2) is 24.3 Å². The van der Waals surface area contributed by atoms with Crippen LogP contribution < -0.4 is 10.1 Å². The molecule has 0 unspecified atom stereocenters. The number of para-hydroxylation sites is 1. The number of ether oxygens (including phenoxy) is 1. The molecule has 4 nitrogen and oxygen atoms in total. The molecule has 0 aromatic heterocycles. The lowest BCUT2D eigenvalue weighted by molar-refractivity contribution is 0.333. The fraction of sp³-hybridized carbons (Fsp3) is 0.625. The molecule has 0 atom stereocenters.